The molecule has 0 spiro atoms. The van der Waals surface area contributed by atoms with Crippen LogP contribution in [0.3, 0.4) is 0 Å². The van der Waals surface area contributed by atoms with Crippen molar-refractivity contribution in [1.82, 2.24) is 4.90 Å². The van der Waals surface area contributed by atoms with Crippen LogP contribution in [0.5, 0.6) is 0 Å². The summed E-state index contributed by atoms with van der Waals surface area (Å²) in [5, 5.41) is 0. The quantitative estimate of drug-likeness (QED) is 0.0343. The summed E-state index contributed by atoms with van der Waals surface area (Å²) in [6.45, 7) is 15.9. The molecular weight excluding hydrogens is 747 g/mol. The molecular formula is C53H103NO6. The van der Waals surface area contributed by atoms with E-state index in [9.17, 15) is 14.4 Å². The predicted octanol–water partition coefficient (Wildman–Crippen LogP) is 15.5. The molecule has 0 aromatic rings. The average Bonchev–Trinajstić information content (AvgIpc) is 3.22. The van der Waals surface area contributed by atoms with E-state index in [1.165, 1.54) is 109 Å². The number of nitrogens with zero attached hydrogens (tertiary/aromatic N) is 1. The van der Waals surface area contributed by atoms with Gasteiger partial charge in [0.2, 0.25) is 0 Å². The van der Waals surface area contributed by atoms with Crippen molar-refractivity contribution in [1.29, 1.82) is 0 Å². The van der Waals surface area contributed by atoms with Gasteiger partial charge in [-0.15, -0.1) is 0 Å². The molecule has 7 heteroatoms. The van der Waals surface area contributed by atoms with E-state index in [1.807, 2.05) is 0 Å². The molecule has 0 aliphatic heterocycles. The van der Waals surface area contributed by atoms with Crippen molar-refractivity contribution in [3.63, 3.8) is 0 Å². The number of ether oxygens (including phenoxy) is 3. The molecule has 0 bridgehead atoms. The summed E-state index contributed by atoms with van der Waals surface area (Å²) in [4.78, 5) is 40.6. The van der Waals surface area contributed by atoms with Crippen molar-refractivity contribution >= 4 is 17.9 Å². The van der Waals surface area contributed by atoms with Crippen molar-refractivity contribution < 1.29 is 28.6 Å². The fraction of sp³-hybridized carbons (Fsp3) is 0.943. The number of hydrogen-bond donors (Lipinski definition) is 0. The van der Waals surface area contributed by atoms with Crippen molar-refractivity contribution in [3.05, 3.63) is 0 Å². The molecule has 0 N–H and O–H groups in total. The highest BCUT2D eigenvalue weighted by atomic mass is 16.5. The molecule has 60 heavy (non-hydrogen) atoms. The first-order valence-corrected chi connectivity index (χ1v) is 26.4. The molecule has 0 aliphatic rings. The van der Waals surface area contributed by atoms with Crippen LogP contribution in [0.1, 0.15) is 266 Å². The van der Waals surface area contributed by atoms with Gasteiger partial charge in [-0.3, -0.25) is 14.4 Å². The highest BCUT2D eigenvalue weighted by Gasteiger charge is 2.20. The maximum Gasteiger partial charge on any atom is 0.308 e. The molecule has 1 atom stereocenters. The highest BCUT2D eigenvalue weighted by Crippen LogP contribution is 2.24. The van der Waals surface area contributed by atoms with Crippen molar-refractivity contribution in [3.8, 4) is 0 Å². The minimum Gasteiger partial charge on any atom is -0.466 e. The Kier molecular flexibility index (Phi) is 42.8. The second-order valence-electron chi connectivity index (χ2n) is 18.9. The van der Waals surface area contributed by atoms with Crippen LogP contribution in [0.15, 0.2) is 0 Å². The zero-order valence-electron chi connectivity index (χ0n) is 41.3. The lowest BCUT2D eigenvalue weighted by Crippen LogP contribution is -2.28. The SMILES string of the molecule is CCCCCC(CCCCC)CC(=O)OCCCCCCCCCCC(CCCCCCCCOC(=O)CC(CCCCC)CCCCC)C(=O)OCCCN(C)C(C)C. The lowest BCUT2D eigenvalue weighted by molar-refractivity contribution is -0.149. The summed E-state index contributed by atoms with van der Waals surface area (Å²) in [6, 6.07) is 0.494. The molecule has 0 radical (unpaired) electrons. The zero-order chi connectivity index (χ0) is 44.3. The summed E-state index contributed by atoms with van der Waals surface area (Å²) in [5.74, 6) is 0.996. The minimum atomic E-state index is -0.00139. The van der Waals surface area contributed by atoms with Crippen molar-refractivity contribution in [2.45, 2.75) is 272 Å². The van der Waals surface area contributed by atoms with Crippen LogP contribution in [0, 0.1) is 17.8 Å². The van der Waals surface area contributed by atoms with Gasteiger partial charge in [0.05, 0.1) is 25.7 Å². The Morgan fingerprint density at radius 1 is 0.400 bits per heavy atom. The average molecular weight is 850 g/mol. The Bertz CT molecular complexity index is 936. The van der Waals surface area contributed by atoms with Gasteiger partial charge in [0.1, 0.15) is 0 Å². The van der Waals surface area contributed by atoms with E-state index >= 15 is 0 Å². The Balaban J connectivity index is 4.37. The third-order valence-corrected chi connectivity index (χ3v) is 12.8. The van der Waals surface area contributed by atoms with Gasteiger partial charge in [0, 0.05) is 25.4 Å². The lowest BCUT2D eigenvalue weighted by Gasteiger charge is -2.21. The van der Waals surface area contributed by atoms with Crippen LogP contribution < -0.4 is 0 Å². The molecule has 0 amide bonds. The standard InChI is InChI=1S/C53H103NO6/c1-8-12-26-35-48(36-27-13-9-2)45-51(55)58-42-32-24-20-17-16-18-22-30-39-50(53(57)60-44-34-41-54(7)47(5)6)40-31-23-19-21-25-33-43-59-52(56)46-49(37-28-14-10-3)38-29-15-11-4/h47-50H,8-46H2,1-7H3. The second kappa shape index (κ2) is 44.0. The Morgan fingerprint density at radius 2 is 0.717 bits per heavy atom. The first kappa shape index (κ1) is 58.4. The summed E-state index contributed by atoms with van der Waals surface area (Å²) in [7, 11) is 2.13. The fourth-order valence-electron chi connectivity index (χ4n) is 8.39. The van der Waals surface area contributed by atoms with Crippen LogP contribution in [0.4, 0.5) is 0 Å². The van der Waals surface area contributed by atoms with E-state index in [1.54, 1.807) is 0 Å². The van der Waals surface area contributed by atoms with E-state index in [4.69, 9.17) is 14.2 Å². The lowest BCUT2D eigenvalue weighted by atomic mass is 9.92. The van der Waals surface area contributed by atoms with E-state index in [2.05, 4.69) is 53.5 Å². The number of carbonyl (C=O) groups excluding carboxylic acids is 3. The van der Waals surface area contributed by atoms with Crippen LogP contribution in [0.25, 0.3) is 0 Å². The second-order valence-corrected chi connectivity index (χ2v) is 18.9. The van der Waals surface area contributed by atoms with E-state index in [0.29, 0.717) is 50.5 Å². The highest BCUT2D eigenvalue weighted by molar-refractivity contribution is 5.72. The maximum absolute atomic E-state index is 13.2. The van der Waals surface area contributed by atoms with Crippen LogP contribution in [-0.2, 0) is 28.6 Å². The predicted molar refractivity (Wildman–Crippen MR) is 255 cm³/mol. The van der Waals surface area contributed by atoms with Gasteiger partial charge in [-0.2, -0.15) is 0 Å². The Hall–Kier alpha value is -1.63. The van der Waals surface area contributed by atoms with Gasteiger partial charge in [0.25, 0.3) is 0 Å². The molecule has 0 heterocycles. The molecule has 0 saturated heterocycles. The van der Waals surface area contributed by atoms with Crippen molar-refractivity contribution in [2.75, 3.05) is 33.4 Å². The maximum atomic E-state index is 13.2. The fourth-order valence-corrected chi connectivity index (χ4v) is 8.39. The van der Waals surface area contributed by atoms with Crippen LogP contribution >= 0.6 is 0 Å². The normalized spacial score (nSPS) is 12.2. The summed E-state index contributed by atoms with van der Waals surface area (Å²) in [5.41, 5.74) is 0. The van der Waals surface area contributed by atoms with Gasteiger partial charge < -0.3 is 19.1 Å². The molecule has 0 aliphatic carbocycles. The van der Waals surface area contributed by atoms with Gasteiger partial charge in [-0.25, -0.2) is 0 Å². The molecule has 1 unspecified atom stereocenters. The number of unbranched alkanes of at least 4 members (excludes halogenated alkanes) is 20. The molecule has 0 aromatic heterocycles. The minimum absolute atomic E-state index is 0.00139. The molecule has 0 fully saturated rings. The van der Waals surface area contributed by atoms with Crippen LogP contribution in [0.2, 0.25) is 0 Å². The number of esters is 3. The number of hydrogen-bond acceptors (Lipinski definition) is 7. The smallest absolute Gasteiger partial charge is 0.308 e. The monoisotopic (exact) mass is 850 g/mol. The van der Waals surface area contributed by atoms with E-state index in [0.717, 1.165) is 109 Å². The number of rotatable bonds is 46. The molecule has 0 rings (SSSR count). The molecule has 0 saturated carbocycles. The largest absolute Gasteiger partial charge is 0.466 e. The summed E-state index contributed by atoms with van der Waals surface area (Å²) >= 11 is 0. The Morgan fingerprint density at radius 3 is 1.07 bits per heavy atom. The summed E-state index contributed by atoms with van der Waals surface area (Å²) < 4.78 is 17.1. The number of carbonyl (C=O) groups is 3. The molecule has 356 valence electrons. The third kappa shape index (κ3) is 38.1. The van der Waals surface area contributed by atoms with E-state index < -0.39 is 0 Å². The third-order valence-electron chi connectivity index (χ3n) is 12.8. The first-order valence-electron chi connectivity index (χ1n) is 26.4. The first-order chi connectivity index (χ1) is 29.2. The topological polar surface area (TPSA) is 82.1 Å². The van der Waals surface area contributed by atoms with E-state index in [-0.39, 0.29) is 23.8 Å². The Labute approximate surface area is 373 Å². The van der Waals surface area contributed by atoms with Gasteiger partial charge in [-0.05, 0) is 90.5 Å². The molecule has 0 aromatic carbocycles. The van der Waals surface area contributed by atoms with Gasteiger partial charge in [0.15, 0.2) is 0 Å². The van der Waals surface area contributed by atoms with Gasteiger partial charge >= 0.3 is 17.9 Å². The molecule has 7 nitrogen and oxygen atoms in total. The van der Waals surface area contributed by atoms with Crippen molar-refractivity contribution in [2.24, 2.45) is 17.8 Å². The zero-order valence-corrected chi connectivity index (χ0v) is 41.3. The van der Waals surface area contributed by atoms with Crippen LogP contribution in [-0.4, -0.2) is 62.3 Å². The van der Waals surface area contributed by atoms with Gasteiger partial charge in [-0.1, -0.05) is 182 Å². The summed E-state index contributed by atoms with van der Waals surface area (Å²) in [6.07, 6.45) is 39.1.